The van der Waals surface area contributed by atoms with Gasteiger partial charge in [-0.1, -0.05) is 39.0 Å². The average molecular weight is 250 g/mol. The summed E-state index contributed by atoms with van der Waals surface area (Å²) in [6, 6.07) is 7.00. The van der Waals surface area contributed by atoms with Gasteiger partial charge in [0.1, 0.15) is 0 Å². The Kier molecular flexibility index (Phi) is 4.87. The summed E-state index contributed by atoms with van der Waals surface area (Å²) in [6.45, 7) is 6.29. The molecule has 100 valence electrons. The van der Waals surface area contributed by atoms with Crippen molar-refractivity contribution < 1.29 is 9.53 Å². The number of hydrogen-bond acceptors (Lipinski definition) is 3. The van der Waals surface area contributed by atoms with Crippen LogP contribution in [0.1, 0.15) is 26.3 Å². The molecule has 18 heavy (non-hydrogen) atoms. The highest BCUT2D eigenvalue weighted by molar-refractivity contribution is 5.95. The number of ether oxygens (including phenoxy) is 1. The number of carbonyl (C=O) groups is 1. The lowest BCUT2D eigenvalue weighted by Crippen LogP contribution is -2.45. The van der Waals surface area contributed by atoms with Crippen molar-refractivity contribution in [2.45, 2.75) is 33.4 Å². The van der Waals surface area contributed by atoms with Crippen LogP contribution in [0.2, 0.25) is 0 Å². The van der Waals surface area contributed by atoms with E-state index < -0.39 is 6.04 Å². The van der Waals surface area contributed by atoms with Crippen molar-refractivity contribution in [3.63, 3.8) is 0 Å². The number of amides is 1. The van der Waals surface area contributed by atoms with Crippen LogP contribution >= 0.6 is 0 Å². The highest BCUT2D eigenvalue weighted by atomic mass is 16.5. The first-order valence-electron chi connectivity index (χ1n) is 5.99. The van der Waals surface area contributed by atoms with Crippen molar-refractivity contribution in [1.82, 2.24) is 0 Å². The number of hydrogen-bond donors (Lipinski definition) is 2. The average Bonchev–Trinajstić information content (AvgIpc) is 2.29. The molecular weight excluding hydrogens is 228 g/mol. The third kappa shape index (κ3) is 3.82. The molecule has 4 heteroatoms. The molecule has 0 saturated heterocycles. The molecule has 1 atom stereocenters. The van der Waals surface area contributed by atoms with E-state index in [0.29, 0.717) is 6.61 Å². The molecule has 1 aromatic rings. The van der Waals surface area contributed by atoms with Crippen LogP contribution in [-0.2, 0) is 16.1 Å². The highest BCUT2D eigenvalue weighted by Crippen LogP contribution is 2.21. The largest absolute Gasteiger partial charge is 0.380 e. The second-order valence-corrected chi connectivity index (χ2v) is 5.42. The van der Waals surface area contributed by atoms with Gasteiger partial charge in [0.05, 0.1) is 12.6 Å². The summed E-state index contributed by atoms with van der Waals surface area (Å²) in [5, 5.41) is 2.86. The molecule has 4 nitrogen and oxygen atoms in total. The minimum Gasteiger partial charge on any atom is -0.380 e. The van der Waals surface area contributed by atoms with Crippen LogP contribution in [0.5, 0.6) is 0 Å². The van der Waals surface area contributed by atoms with Crippen molar-refractivity contribution in [2.75, 3.05) is 12.4 Å². The molecule has 1 amide bonds. The normalized spacial score (nSPS) is 13.2. The van der Waals surface area contributed by atoms with Gasteiger partial charge in [-0.15, -0.1) is 0 Å². The van der Waals surface area contributed by atoms with Gasteiger partial charge in [-0.2, -0.15) is 0 Å². The van der Waals surface area contributed by atoms with Crippen LogP contribution in [0.25, 0.3) is 0 Å². The van der Waals surface area contributed by atoms with Gasteiger partial charge in [0, 0.05) is 18.4 Å². The molecule has 0 bridgehead atoms. The summed E-state index contributed by atoms with van der Waals surface area (Å²) in [6.07, 6.45) is 0. The van der Waals surface area contributed by atoms with Crippen molar-refractivity contribution >= 4 is 11.6 Å². The van der Waals surface area contributed by atoms with Gasteiger partial charge in [0.15, 0.2) is 0 Å². The van der Waals surface area contributed by atoms with E-state index in [1.165, 1.54) is 0 Å². The Morgan fingerprint density at radius 2 is 2.00 bits per heavy atom. The van der Waals surface area contributed by atoms with Gasteiger partial charge in [0.25, 0.3) is 0 Å². The molecule has 0 fully saturated rings. The molecule has 1 unspecified atom stereocenters. The summed E-state index contributed by atoms with van der Waals surface area (Å²) < 4.78 is 5.10. The fourth-order valence-electron chi connectivity index (χ4n) is 1.53. The van der Waals surface area contributed by atoms with Crippen LogP contribution in [-0.4, -0.2) is 19.1 Å². The molecule has 0 aliphatic carbocycles. The highest BCUT2D eigenvalue weighted by Gasteiger charge is 2.27. The van der Waals surface area contributed by atoms with E-state index in [2.05, 4.69) is 5.32 Å². The summed E-state index contributed by atoms with van der Waals surface area (Å²) in [7, 11) is 1.62. The Hall–Kier alpha value is -1.39. The van der Waals surface area contributed by atoms with E-state index in [0.717, 1.165) is 11.3 Å². The first-order chi connectivity index (χ1) is 8.36. The maximum atomic E-state index is 12.0. The first-order valence-corrected chi connectivity index (χ1v) is 5.99. The van der Waals surface area contributed by atoms with Crippen LogP contribution in [0.3, 0.4) is 0 Å². The predicted octanol–water partition coefficient (Wildman–Crippen LogP) is 2.14. The topological polar surface area (TPSA) is 64.3 Å². The van der Waals surface area contributed by atoms with Gasteiger partial charge in [0.2, 0.25) is 5.91 Å². The van der Waals surface area contributed by atoms with Crippen molar-refractivity contribution in [2.24, 2.45) is 11.1 Å². The zero-order chi connectivity index (χ0) is 13.8. The van der Waals surface area contributed by atoms with E-state index in [1.54, 1.807) is 7.11 Å². The molecule has 0 aromatic heterocycles. The zero-order valence-corrected chi connectivity index (χ0v) is 11.5. The van der Waals surface area contributed by atoms with Gasteiger partial charge < -0.3 is 15.8 Å². The molecule has 1 rings (SSSR count). The number of carbonyl (C=O) groups excluding carboxylic acids is 1. The molecule has 0 heterocycles. The van der Waals surface area contributed by atoms with Gasteiger partial charge in [-0.25, -0.2) is 0 Å². The van der Waals surface area contributed by atoms with E-state index in [4.69, 9.17) is 10.5 Å². The number of nitrogens with two attached hydrogens (primary N) is 1. The summed E-state index contributed by atoms with van der Waals surface area (Å²) in [4.78, 5) is 12.0. The Labute approximate surface area is 109 Å². The van der Waals surface area contributed by atoms with Crippen molar-refractivity contribution in [3.8, 4) is 0 Å². The third-order valence-corrected chi connectivity index (χ3v) is 2.79. The smallest absolute Gasteiger partial charge is 0.241 e. The maximum Gasteiger partial charge on any atom is 0.241 e. The van der Waals surface area contributed by atoms with Crippen LogP contribution in [0, 0.1) is 5.41 Å². The third-order valence-electron chi connectivity index (χ3n) is 2.79. The van der Waals surface area contributed by atoms with Gasteiger partial charge in [-0.3, -0.25) is 4.79 Å². The SMILES string of the molecule is COCc1ccccc1NC(=O)C(N)C(C)(C)C. The fourth-order valence-corrected chi connectivity index (χ4v) is 1.53. The molecule has 1 aromatic carbocycles. The summed E-state index contributed by atoms with van der Waals surface area (Å²) in [5.41, 5.74) is 7.35. The Balaban J connectivity index is 2.82. The quantitative estimate of drug-likeness (QED) is 0.860. The van der Waals surface area contributed by atoms with E-state index in [1.807, 2.05) is 45.0 Å². The second-order valence-electron chi connectivity index (χ2n) is 5.42. The number of benzene rings is 1. The van der Waals surface area contributed by atoms with Gasteiger partial charge >= 0.3 is 0 Å². The molecule has 0 saturated carbocycles. The summed E-state index contributed by atoms with van der Waals surface area (Å²) in [5.74, 6) is -0.175. The molecule has 0 spiro atoms. The molecule has 0 radical (unpaired) electrons. The lowest BCUT2D eigenvalue weighted by Gasteiger charge is -2.26. The lowest BCUT2D eigenvalue weighted by atomic mass is 9.87. The number of anilines is 1. The van der Waals surface area contributed by atoms with Crippen LogP contribution in [0.4, 0.5) is 5.69 Å². The van der Waals surface area contributed by atoms with E-state index >= 15 is 0 Å². The minimum absolute atomic E-state index is 0.175. The minimum atomic E-state index is -0.548. The molecule has 0 aliphatic rings. The van der Waals surface area contributed by atoms with Crippen molar-refractivity contribution in [3.05, 3.63) is 29.8 Å². The Bertz CT molecular complexity index is 411. The van der Waals surface area contributed by atoms with Crippen molar-refractivity contribution in [1.29, 1.82) is 0 Å². The van der Waals surface area contributed by atoms with Crippen LogP contribution in [0.15, 0.2) is 24.3 Å². The number of rotatable bonds is 4. The number of nitrogens with one attached hydrogen (secondary N) is 1. The lowest BCUT2D eigenvalue weighted by molar-refractivity contribution is -0.119. The number of methoxy groups -OCH3 is 1. The Morgan fingerprint density at radius 3 is 2.56 bits per heavy atom. The van der Waals surface area contributed by atoms with Crippen LogP contribution < -0.4 is 11.1 Å². The molecule has 3 N–H and O–H groups in total. The predicted molar refractivity (Wildman–Crippen MR) is 73.2 cm³/mol. The molecule has 0 aliphatic heterocycles. The fraction of sp³-hybridized carbons (Fsp3) is 0.500. The summed E-state index contributed by atoms with van der Waals surface area (Å²) >= 11 is 0. The monoisotopic (exact) mass is 250 g/mol. The van der Waals surface area contributed by atoms with E-state index in [9.17, 15) is 4.79 Å². The van der Waals surface area contributed by atoms with E-state index in [-0.39, 0.29) is 11.3 Å². The number of para-hydroxylation sites is 1. The standard InChI is InChI=1S/C14H22N2O2/c1-14(2,3)12(15)13(17)16-11-8-6-5-7-10(11)9-18-4/h5-8,12H,9,15H2,1-4H3,(H,16,17). The maximum absolute atomic E-state index is 12.0. The second kappa shape index (κ2) is 5.98. The molecular formula is C14H22N2O2. The van der Waals surface area contributed by atoms with Gasteiger partial charge in [-0.05, 0) is 11.5 Å². The Morgan fingerprint density at radius 1 is 1.39 bits per heavy atom. The zero-order valence-electron chi connectivity index (χ0n) is 11.5. The first kappa shape index (κ1) is 14.7.